The molecule has 1 aromatic rings. The lowest BCUT2D eigenvalue weighted by Gasteiger charge is -2.35. The Morgan fingerprint density at radius 3 is 2.22 bits per heavy atom. The minimum atomic E-state index is -0.271. The predicted molar refractivity (Wildman–Crippen MR) is 67.6 cm³/mol. The molecule has 0 saturated carbocycles. The van der Waals surface area contributed by atoms with Crippen LogP contribution in [0, 0.1) is 0 Å². The number of amides is 2. The number of rotatable bonds is 3. The van der Waals surface area contributed by atoms with Crippen molar-refractivity contribution in [2.45, 2.75) is 19.0 Å². The number of piperazine rings is 1. The number of benzene rings is 1. The van der Waals surface area contributed by atoms with Crippen molar-refractivity contribution < 1.29 is 9.59 Å². The Morgan fingerprint density at radius 2 is 1.72 bits per heavy atom. The van der Waals surface area contributed by atoms with Gasteiger partial charge in [-0.25, -0.2) is 0 Å². The van der Waals surface area contributed by atoms with E-state index in [-0.39, 0.29) is 37.0 Å². The van der Waals surface area contributed by atoms with Crippen molar-refractivity contribution in [1.29, 1.82) is 0 Å². The Bertz CT molecular complexity index is 429. The fraction of sp³-hybridized carbons (Fsp3) is 0.385. The Morgan fingerprint density at radius 1 is 1.17 bits per heavy atom. The summed E-state index contributed by atoms with van der Waals surface area (Å²) in [5.41, 5.74) is 7.03. The van der Waals surface area contributed by atoms with Gasteiger partial charge in [0.2, 0.25) is 11.8 Å². The second-order valence-electron chi connectivity index (χ2n) is 4.59. The maximum atomic E-state index is 11.4. The van der Waals surface area contributed by atoms with E-state index in [1.807, 2.05) is 42.2 Å². The van der Waals surface area contributed by atoms with Crippen LogP contribution in [0.4, 0.5) is 0 Å². The monoisotopic (exact) mass is 247 g/mol. The molecule has 0 aliphatic carbocycles. The summed E-state index contributed by atoms with van der Waals surface area (Å²) in [6.45, 7) is 2.29. The Balaban J connectivity index is 2.25. The van der Waals surface area contributed by atoms with Crippen LogP contribution >= 0.6 is 0 Å². The summed E-state index contributed by atoms with van der Waals surface area (Å²) in [5.74, 6) is -0.541. The molecule has 18 heavy (non-hydrogen) atoms. The van der Waals surface area contributed by atoms with Gasteiger partial charge in [0.05, 0.1) is 19.1 Å². The van der Waals surface area contributed by atoms with E-state index in [1.54, 1.807) is 0 Å². The first-order valence-electron chi connectivity index (χ1n) is 5.95. The fourth-order valence-electron chi connectivity index (χ4n) is 2.35. The molecule has 0 radical (unpaired) electrons. The highest BCUT2D eigenvalue weighted by atomic mass is 16.2. The molecule has 5 nitrogen and oxygen atoms in total. The highest BCUT2D eigenvalue weighted by molar-refractivity contribution is 5.99. The third-order valence-corrected chi connectivity index (χ3v) is 3.00. The molecular formula is C13H17N3O2. The summed E-state index contributed by atoms with van der Waals surface area (Å²) in [5, 5.41) is 2.29. The highest BCUT2D eigenvalue weighted by Gasteiger charge is 2.31. The molecule has 1 aromatic carbocycles. The van der Waals surface area contributed by atoms with Gasteiger partial charge < -0.3 is 5.73 Å². The molecule has 2 atom stereocenters. The topological polar surface area (TPSA) is 75.4 Å². The largest absolute Gasteiger partial charge is 0.326 e. The third-order valence-electron chi connectivity index (χ3n) is 3.00. The van der Waals surface area contributed by atoms with Crippen LogP contribution in [-0.2, 0) is 9.59 Å². The van der Waals surface area contributed by atoms with Crippen molar-refractivity contribution in [2.75, 3.05) is 13.1 Å². The van der Waals surface area contributed by atoms with Crippen LogP contribution in [0.1, 0.15) is 18.5 Å². The van der Waals surface area contributed by atoms with Gasteiger partial charge in [-0.1, -0.05) is 30.3 Å². The maximum absolute atomic E-state index is 11.4. The third kappa shape index (κ3) is 2.75. The van der Waals surface area contributed by atoms with E-state index < -0.39 is 0 Å². The van der Waals surface area contributed by atoms with Crippen LogP contribution < -0.4 is 11.1 Å². The van der Waals surface area contributed by atoms with E-state index in [0.29, 0.717) is 0 Å². The summed E-state index contributed by atoms with van der Waals surface area (Å²) < 4.78 is 0. The van der Waals surface area contributed by atoms with Crippen LogP contribution in [0.3, 0.4) is 0 Å². The molecule has 2 amide bonds. The summed E-state index contributed by atoms with van der Waals surface area (Å²) in [6.07, 6.45) is 0. The van der Waals surface area contributed by atoms with Crippen LogP contribution in [-0.4, -0.2) is 35.8 Å². The van der Waals surface area contributed by atoms with E-state index in [1.165, 1.54) is 0 Å². The molecule has 0 aromatic heterocycles. The van der Waals surface area contributed by atoms with E-state index in [0.717, 1.165) is 5.56 Å². The molecule has 1 aliphatic heterocycles. The SMILES string of the molecule is CC(N)C(c1ccccc1)N1CC(=O)NC(=O)C1. The molecular weight excluding hydrogens is 230 g/mol. The lowest BCUT2D eigenvalue weighted by Crippen LogP contribution is -2.54. The summed E-state index contributed by atoms with van der Waals surface area (Å²) in [7, 11) is 0. The van der Waals surface area contributed by atoms with Gasteiger partial charge in [0.1, 0.15) is 0 Å². The number of nitrogens with two attached hydrogens (primary N) is 1. The van der Waals surface area contributed by atoms with Crippen molar-refractivity contribution in [3.63, 3.8) is 0 Å². The first-order chi connectivity index (χ1) is 8.58. The molecule has 1 saturated heterocycles. The molecule has 3 N–H and O–H groups in total. The number of nitrogens with one attached hydrogen (secondary N) is 1. The van der Waals surface area contributed by atoms with Crippen LogP contribution in [0.15, 0.2) is 30.3 Å². The summed E-state index contributed by atoms with van der Waals surface area (Å²) in [4.78, 5) is 24.7. The average Bonchev–Trinajstić information content (AvgIpc) is 2.28. The number of hydrogen-bond acceptors (Lipinski definition) is 4. The van der Waals surface area contributed by atoms with Gasteiger partial charge in [-0.2, -0.15) is 0 Å². The van der Waals surface area contributed by atoms with E-state index in [9.17, 15) is 9.59 Å². The van der Waals surface area contributed by atoms with Gasteiger partial charge in [-0.05, 0) is 12.5 Å². The van der Waals surface area contributed by atoms with Crippen LogP contribution in [0.2, 0.25) is 0 Å². The molecule has 0 bridgehead atoms. The second-order valence-corrected chi connectivity index (χ2v) is 4.59. The normalized spacial score (nSPS) is 20.3. The van der Waals surface area contributed by atoms with Crippen molar-refractivity contribution in [3.8, 4) is 0 Å². The Kier molecular flexibility index (Phi) is 3.74. The maximum Gasteiger partial charge on any atom is 0.240 e. The Hall–Kier alpha value is -1.72. The van der Waals surface area contributed by atoms with Gasteiger partial charge in [-0.15, -0.1) is 0 Å². The molecule has 1 heterocycles. The minimum absolute atomic E-state index is 0.124. The zero-order chi connectivity index (χ0) is 13.1. The minimum Gasteiger partial charge on any atom is -0.326 e. The quantitative estimate of drug-likeness (QED) is 0.739. The van der Waals surface area contributed by atoms with Gasteiger partial charge in [-0.3, -0.25) is 19.8 Å². The van der Waals surface area contributed by atoms with E-state index >= 15 is 0 Å². The number of nitrogens with zero attached hydrogens (tertiary/aromatic N) is 1. The van der Waals surface area contributed by atoms with E-state index in [4.69, 9.17) is 5.73 Å². The first-order valence-corrected chi connectivity index (χ1v) is 5.95. The molecule has 2 unspecified atom stereocenters. The predicted octanol–water partition coefficient (Wildman–Crippen LogP) is 0.0333. The lowest BCUT2D eigenvalue weighted by atomic mass is 9.98. The van der Waals surface area contributed by atoms with Gasteiger partial charge in [0, 0.05) is 6.04 Å². The fourth-order valence-corrected chi connectivity index (χ4v) is 2.35. The van der Waals surface area contributed by atoms with Crippen molar-refractivity contribution in [3.05, 3.63) is 35.9 Å². The van der Waals surface area contributed by atoms with Gasteiger partial charge >= 0.3 is 0 Å². The molecule has 1 fully saturated rings. The molecule has 1 aliphatic rings. The van der Waals surface area contributed by atoms with Gasteiger partial charge in [0.25, 0.3) is 0 Å². The lowest BCUT2D eigenvalue weighted by molar-refractivity contribution is -0.137. The summed E-state index contributed by atoms with van der Waals surface area (Å²) >= 11 is 0. The van der Waals surface area contributed by atoms with Gasteiger partial charge in [0.15, 0.2) is 0 Å². The molecule has 0 spiro atoms. The highest BCUT2D eigenvalue weighted by Crippen LogP contribution is 2.23. The number of hydrogen-bond donors (Lipinski definition) is 2. The average molecular weight is 247 g/mol. The smallest absolute Gasteiger partial charge is 0.240 e. The zero-order valence-corrected chi connectivity index (χ0v) is 10.3. The zero-order valence-electron chi connectivity index (χ0n) is 10.3. The Labute approximate surface area is 106 Å². The number of carbonyl (C=O) groups is 2. The second kappa shape index (κ2) is 5.29. The molecule has 5 heteroatoms. The van der Waals surface area contributed by atoms with Crippen molar-refractivity contribution in [2.24, 2.45) is 5.73 Å². The standard InChI is InChI=1S/C13H17N3O2/c1-9(14)13(10-5-3-2-4-6-10)16-7-11(17)15-12(18)8-16/h2-6,9,13H,7-8,14H2,1H3,(H,15,17,18). The molecule has 96 valence electrons. The van der Waals surface area contributed by atoms with Crippen molar-refractivity contribution >= 4 is 11.8 Å². The number of imide groups is 1. The number of carbonyl (C=O) groups excluding carboxylic acids is 2. The van der Waals surface area contributed by atoms with Crippen LogP contribution in [0.5, 0.6) is 0 Å². The van der Waals surface area contributed by atoms with Crippen LogP contribution in [0.25, 0.3) is 0 Å². The summed E-state index contributed by atoms with van der Waals surface area (Å²) in [6, 6.07) is 9.42. The first kappa shape index (κ1) is 12.7. The molecule has 2 rings (SSSR count). The van der Waals surface area contributed by atoms with Crippen molar-refractivity contribution in [1.82, 2.24) is 10.2 Å². The van der Waals surface area contributed by atoms with E-state index in [2.05, 4.69) is 5.32 Å².